The van der Waals surface area contributed by atoms with Gasteiger partial charge in [0.1, 0.15) is 0 Å². The molecule has 0 bridgehead atoms. The summed E-state index contributed by atoms with van der Waals surface area (Å²) in [5.74, 6) is 0.499. The molecule has 1 saturated heterocycles. The number of hydrogen-bond donors (Lipinski definition) is 1. The van der Waals surface area contributed by atoms with Gasteiger partial charge in [-0.1, -0.05) is 34.1 Å². The lowest BCUT2D eigenvalue weighted by Crippen LogP contribution is -2.43. The summed E-state index contributed by atoms with van der Waals surface area (Å²) in [5.41, 5.74) is 0.268. The summed E-state index contributed by atoms with van der Waals surface area (Å²) in [5, 5.41) is 3.57. The van der Waals surface area contributed by atoms with Crippen LogP contribution in [0.4, 0.5) is 0 Å². The first-order valence-electron chi connectivity index (χ1n) is 8.35. The molecule has 1 aliphatic rings. The van der Waals surface area contributed by atoms with E-state index in [9.17, 15) is 8.42 Å². The van der Waals surface area contributed by atoms with E-state index in [0.29, 0.717) is 25.0 Å². The molecule has 21 heavy (non-hydrogen) atoms. The molecule has 0 spiro atoms. The van der Waals surface area contributed by atoms with Crippen LogP contribution in [0.2, 0.25) is 0 Å². The molecule has 0 aromatic heterocycles. The van der Waals surface area contributed by atoms with E-state index in [1.807, 2.05) is 0 Å². The van der Waals surface area contributed by atoms with Crippen LogP contribution in [-0.2, 0) is 10.0 Å². The van der Waals surface area contributed by atoms with E-state index in [4.69, 9.17) is 0 Å². The lowest BCUT2D eigenvalue weighted by molar-refractivity contribution is 0.160. The maximum atomic E-state index is 11.8. The Morgan fingerprint density at radius 1 is 1.38 bits per heavy atom. The van der Waals surface area contributed by atoms with E-state index < -0.39 is 10.0 Å². The quantitative estimate of drug-likeness (QED) is 0.748. The van der Waals surface area contributed by atoms with Crippen molar-refractivity contribution in [3.63, 3.8) is 0 Å². The summed E-state index contributed by atoms with van der Waals surface area (Å²) >= 11 is 0. The highest BCUT2D eigenvalue weighted by Gasteiger charge is 2.32. The highest BCUT2D eigenvalue weighted by molar-refractivity contribution is 7.88. The first-order valence-corrected chi connectivity index (χ1v) is 10.2. The Hall–Kier alpha value is -0.130. The SMILES string of the molecule is CCCC(C)(CNC(C)C)CC1CCCN(S(C)(=O)=O)C1. The zero-order valence-corrected chi connectivity index (χ0v) is 15.3. The zero-order chi connectivity index (χ0) is 16.1. The highest BCUT2D eigenvalue weighted by atomic mass is 32.2. The molecule has 4 nitrogen and oxygen atoms in total. The summed E-state index contributed by atoms with van der Waals surface area (Å²) in [6.45, 7) is 11.4. The van der Waals surface area contributed by atoms with E-state index in [-0.39, 0.29) is 5.41 Å². The molecule has 1 fully saturated rings. The van der Waals surface area contributed by atoms with Crippen LogP contribution in [0.5, 0.6) is 0 Å². The molecular formula is C16H34N2O2S. The van der Waals surface area contributed by atoms with E-state index in [1.165, 1.54) is 19.1 Å². The lowest BCUT2D eigenvalue weighted by Gasteiger charge is -2.38. The molecular weight excluding hydrogens is 284 g/mol. The van der Waals surface area contributed by atoms with Crippen LogP contribution in [0.3, 0.4) is 0 Å². The van der Waals surface area contributed by atoms with Gasteiger partial charge in [-0.25, -0.2) is 12.7 Å². The van der Waals surface area contributed by atoms with Crippen LogP contribution in [0.1, 0.15) is 59.8 Å². The van der Waals surface area contributed by atoms with Crippen LogP contribution >= 0.6 is 0 Å². The van der Waals surface area contributed by atoms with Crippen molar-refractivity contribution >= 4 is 10.0 Å². The lowest BCUT2D eigenvalue weighted by atomic mass is 9.75. The topological polar surface area (TPSA) is 49.4 Å². The number of sulfonamides is 1. The van der Waals surface area contributed by atoms with Gasteiger partial charge in [0.05, 0.1) is 6.26 Å². The average Bonchev–Trinajstić information content (AvgIpc) is 2.36. The monoisotopic (exact) mass is 318 g/mol. The summed E-state index contributed by atoms with van der Waals surface area (Å²) in [4.78, 5) is 0. The minimum atomic E-state index is -3.03. The maximum absolute atomic E-state index is 11.8. The number of rotatable bonds is 8. The van der Waals surface area contributed by atoms with E-state index >= 15 is 0 Å². The molecule has 0 aromatic carbocycles. The second-order valence-corrected chi connectivity index (χ2v) is 9.41. The van der Waals surface area contributed by atoms with Gasteiger partial charge in [-0.05, 0) is 37.0 Å². The van der Waals surface area contributed by atoms with Crippen molar-refractivity contribution in [3.8, 4) is 0 Å². The first kappa shape index (κ1) is 18.9. The van der Waals surface area contributed by atoms with Crippen molar-refractivity contribution in [1.29, 1.82) is 0 Å². The van der Waals surface area contributed by atoms with E-state index in [1.54, 1.807) is 4.31 Å². The van der Waals surface area contributed by atoms with Crippen molar-refractivity contribution in [2.24, 2.45) is 11.3 Å². The third-order valence-corrected chi connectivity index (χ3v) is 5.79. The maximum Gasteiger partial charge on any atom is 0.211 e. The largest absolute Gasteiger partial charge is 0.314 e. The molecule has 0 radical (unpaired) electrons. The van der Waals surface area contributed by atoms with Crippen molar-refractivity contribution in [2.75, 3.05) is 25.9 Å². The van der Waals surface area contributed by atoms with E-state index in [2.05, 4.69) is 33.0 Å². The second-order valence-electron chi connectivity index (χ2n) is 7.43. The van der Waals surface area contributed by atoms with Crippen LogP contribution in [-0.4, -0.2) is 44.7 Å². The number of nitrogens with zero attached hydrogens (tertiary/aromatic N) is 1. The van der Waals surface area contributed by atoms with Gasteiger partial charge in [0.2, 0.25) is 10.0 Å². The molecule has 0 saturated carbocycles. The molecule has 0 aliphatic carbocycles. The van der Waals surface area contributed by atoms with Gasteiger partial charge in [0.25, 0.3) is 0 Å². The van der Waals surface area contributed by atoms with Crippen molar-refractivity contribution in [3.05, 3.63) is 0 Å². The minimum absolute atomic E-state index is 0.268. The average molecular weight is 319 g/mol. The standard InChI is InChI=1S/C16H34N2O2S/c1-6-9-16(4,13-17-14(2)3)11-15-8-7-10-18(12-15)21(5,19)20/h14-15,17H,6-13H2,1-5H3. The van der Waals surface area contributed by atoms with Gasteiger partial charge in [-0.15, -0.1) is 0 Å². The predicted octanol–water partition coefficient (Wildman–Crippen LogP) is 2.85. The predicted molar refractivity (Wildman–Crippen MR) is 89.9 cm³/mol. The Morgan fingerprint density at radius 3 is 2.57 bits per heavy atom. The summed E-state index contributed by atoms with van der Waals surface area (Å²) in [6.07, 6.45) is 6.99. The van der Waals surface area contributed by atoms with Crippen molar-refractivity contribution < 1.29 is 8.42 Å². The van der Waals surface area contributed by atoms with Crippen molar-refractivity contribution in [1.82, 2.24) is 9.62 Å². The molecule has 0 aromatic rings. The molecule has 126 valence electrons. The molecule has 1 aliphatic heterocycles. The van der Waals surface area contributed by atoms with Crippen LogP contribution in [0, 0.1) is 11.3 Å². The Balaban J connectivity index is 2.65. The number of piperidine rings is 1. The number of hydrogen-bond acceptors (Lipinski definition) is 3. The van der Waals surface area contributed by atoms with Crippen molar-refractivity contribution in [2.45, 2.75) is 65.8 Å². The van der Waals surface area contributed by atoms with Gasteiger partial charge in [0, 0.05) is 25.7 Å². The fraction of sp³-hybridized carbons (Fsp3) is 1.00. The Kier molecular flexibility index (Phi) is 7.14. The van der Waals surface area contributed by atoms with Crippen LogP contribution in [0.15, 0.2) is 0 Å². The Morgan fingerprint density at radius 2 is 2.05 bits per heavy atom. The van der Waals surface area contributed by atoms with Crippen LogP contribution in [0.25, 0.3) is 0 Å². The third kappa shape index (κ3) is 6.66. The van der Waals surface area contributed by atoms with Crippen LogP contribution < -0.4 is 5.32 Å². The third-order valence-electron chi connectivity index (χ3n) is 4.52. The smallest absolute Gasteiger partial charge is 0.211 e. The molecule has 1 N–H and O–H groups in total. The van der Waals surface area contributed by atoms with Gasteiger partial charge in [-0.3, -0.25) is 0 Å². The van der Waals surface area contributed by atoms with Gasteiger partial charge < -0.3 is 5.32 Å². The molecule has 1 rings (SSSR count). The number of nitrogens with one attached hydrogen (secondary N) is 1. The van der Waals surface area contributed by atoms with Gasteiger partial charge in [-0.2, -0.15) is 0 Å². The summed E-state index contributed by atoms with van der Waals surface area (Å²) in [7, 11) is -3.03. The summed E-state index contributed by atoms with van der Waals surface area (Å²) < 4.78 is 25.2. The van der Waals surface area contributed by atoms with E-state index in [0.717, 1.165) is 25.8 Å². The fourth-order valence-corrected chi connectivity index (χ4v) is 4.45. The molecule has 0 amide bonds. The Labute approximate surface area is 131 Å². The fourth-order valence-electron chi connectivity index (χ4n) is 3.51. The molecule has 1 heterocycles. The molecule has 5 heteroatoms. The van der Waals surface area contributed by atoms with Gasteiger partial charge >= 0.3 is 0 Å². The second kappa shape index (κ2) is 7.93. The zero-order valence-electron chi connectivity index (χ0n) is 14.5. The molecule has 2 atom stereocenters. The minimum Gasteiger partial charge on any atom is -0.314 e. The molecule has 2 unspecified atom stereocenters. The summed E-state index contributed by atoms with van der Waals surface area (Å²) in [6, 6.07) is 0.500. The first-order chi connectivity index (χ1) is 9.66. The normalized spacial score (nSPS) is 24.2. The van der Waals surface area contributed by atoms with Gasteiger partial charge in [0.15, 0.2) is 0 Å². The highest BCUT2D eigenvalue weighted by Crippen LogP contribution is 2.35. The Bertz CT molecular complexity index is 409.